The Bertz CT molecular complexity index is 691. The lowest BCUT2D eigenvalue weighted by Crippen LogP contribution is -2.55. The molecule has 3 fully saturated rings. The van der Waals surface area contributed by atoms with Crippen LogP contribution in [0.3, 0.4) is 0 Å². The number of carbonyl (C=O) groups is 2. The van der Waals surface area contributed by atoms with Crippen molar-refractivity contribution in [3.8, 4) is 0 Å². The molecular formula is C23H36N2O2. The number of rotatable bonds is 1. The number of amides is 2. The van der Waals surface area contributed by atoms with Gasteiger partial charge in [0.25, 0.3) is 0 Å². The third-order valence-electron chi connectivity index (χ3n) is 8.56. The van der Waals surface area contributed by atoms with Crippen molar-refractivity contribution in [1.82, 2.24) is 5.32 Å². The van der Waals surface area contributed by atoms with Crippen LogP contribution in [0.25, 0.3) is 0 Å². The SMILES string of the molecule is CC(C)(C)NC(=O)C1CC[C@H]2[C@@H]3CCC4=NC(=O)CC[C@]4(C)[C@@H]3CC[C@]12C. The van der Waals surface area contributed by atoms with E-state index >= 15 is 0 Å². The lowest BCUT2D eigenvalue weighted by atomic mass is 9.48. The molecule has 2 amide bonds. The minimum Gasteiger partial charge on any atom is -0.351 e. The normalized spacial score (nSPS) is 44.0. The summed E-state index contributed by atoms with van der Waals surface area (Å²) >= 11 is 0. The molecule has 150 valence electrons. The van der Waals surface area contributed by atoms with E-state index in [1.807, 2.05) is 0 Å². The quantitative estimate of drug-likeness (QED) is 0.735. The zero-order chi connectivity index (χ0) is 19.6. The lowest BCUT2D eigenvalue weighted by Gasteiger charge is -2.57. The zero-order valence-corrected chi connectivity index (χ0v) is 17.7. The molecule has 4 heteroatoms. The van der Waals surface area contributed by atoms with Gasteiger partial charge in [0.2, 0.25) is 11.8 Å². The summed E-state index contributed by atoms with van der Waals surface area (Å²) in [6.07, 6.45) is 8.25. The van der Waals surface area contributed by atoms with Crippen LogP contribution < -0.4 is 5.32 Å². The maximum Gasteiger partial charge on any atom is 0.245 e. The van der Waals surface area contributed by atoms with E-state index < -0.39 is 0 Å². The Hall–Kier alpha value is -1.19. The van der Waals surface area contributed by atoms with Crippen LogP contribution >= 0.6 is 0 Å². The molecule has 4 rings (SSSR count). The van der Waals surface area contributed by atoms with Crippen molar-refractivity contribution in [2.45, 2.75) is 91.5 Å². The number of nitrogens with zero attached hydrogens (tertiary/aromatic N) is 1. The van der Waals surface area contributed by atoms with Gasteiger partial charge in [-0.25, -0.2) is 4.99 Å². The van der Waals surface area contributed by atoms with Gasteiger partial charge in [-0.1, -0.05) is 13.8 Å². The number of nitrogens with one attached hydrogen (secondary N) is 1. The molecule has 27 heavy (non-hydrogen) atoms. The molecule has 3 aliphatic carbocycles. The van der Waals surface area contributed by atoms with Gasteiger partial charge in [-0.3, -0.25) is 9.59 Å². The summed E-state index contributed by atoms with van der Waals surface area (Å²) < 4.78 is 0. The summed E-state index contributed by atoms with van der Waals surface area (Å²) in [4.78, 5) is 29.4. The van der Waals surface area contributed by atoms with Crippen LogP contribution in [0.4, 0.5) is 0 Å². The lowest BCUT2D eigenvalue weighted by molar-refractivity contribution is -0.133. The van der Waals surface area contributed by atoms with Gasteiger partial charge in [-0.05, 0) is 88.9 Å². The number of fused-ring (bicyclic) bond motifs is 5. The summed E-state index contributed by atoms with van der Waals surface area (Å²) in [5.41, 5.74) is 1.26. The van der Waals surface area contributed by atoms with Crippen molar-refractivity contribution in [1.29, 1.82) is 0 Å². The van der Waals surface area contributed by atoms with Gasteiger partial charge in [0.1, 0.15) is 0 Å². The van der Waals surface area contributed by atoms with Gasteiger partial charge in [0.05, 0.1) is 0 Å². The molecule has 0 bridgehead atoms. The van der Waals surface area contributed by atoms with E-state index in [4.69, 9.17) is 0 Å². The fourth-order valence-corrected chi connectivity index (χ4v) is 7.26. The second-order valence-corrected chi connectivity index (χ2v) is 11.2. The molecule has 1 unspecified atom stereocenters. The van der Waals surface area contributed by atoms with E-state index in [-0.39, 0.29) is 34.1 Å². The van der Waals surface area contributed by atoms with E-state index in [9.17, 15) is 9.59 Å². The predicted molar refractivity (Wildman–Crippen MR) is 107 cm³/mol. The molecule has 0 aromatic rings. The highest BCUT2D eigenvalue weighted by atomic mass is 16.2. The highest BCUT2D eigenvalue weighted by molar-refractivity contribution is 6.02. The Morgan fingerprint density at radius 1 is 1.04 bits per heavy atom. The Labute approximate surface area is 164 Å². The predicted octanol–water partition coefficient (Wildman–Crippen LogP) is 4.52. The van der Waals surface area contributed by atoms with Crippen LogP contribution in [0.5, 0.6) is 0 Å². The monoisotopic (exact) mass is 372 g/mol. The largest absolute Gasteiger partial charge is 0.351 e. The van der Waals surface area contributed by atoms with Crippen LogP contribution in [0, 0.1) is 34.5 Å². The molecule has 0 aromatic heterocycles. The molecule has 6 atom stereocenters. The maximum absolute atomic E-state index is 13.0. The number of aliphatic imine (C=N–C) groups is 1. The Morgan fingerprint density at radius 2 is 1.78 bits per heavy atom. The van der Waals surface area contributed by atoms with Gasteiger partial charge >= 0.3 is 0 Å². The molecule has 3 saturated carbocycles. The molecule has 1 heterocycles. The average molecular weight is 373 g/mol. The fourth-order valence-electron chi connectivity index (χ4n) is 7.26. The van der Waals surface area contributed by atoms with Crippen molar-refractivity contribution in [2.75, 3.05) is 0 Å². The first-order chi connectivity index (χ1) is 12.5. The van der Waals surface area contributed by atoms with Crippen LogP contribution in [-0.4, -0.2) is 23.1 Å². The molecule has 1 aliphatic heterocycles. The number of carbonyl (C=O) groups excluding carboxylic acids is 2. The summed E-state index contributed by atoms with van der Waals surface area (Å²) in [6, 6.07) is 0. The summed E-state index contributed by atoms with van der Waals surface area (Å²) in [5, 5.41) is 3.25. The van der Waals surface area contributed by atoms with Crippen molar-refractivity contribution < 1.29 is 9.59 Å². The van der Waals surface area contributed by atoms with Crippen LogP contribution in [0.1, 0.15) is 86.0 Å². The molecule has 0 aromatic carbocycles. The van der Waals surface area contributed by atoms with E-state index in [0.717, 1.165) is 32.1 Å². The molecule has 0 radical (unpaired) electrons. The molecule has 0 saturated heterocycles. The van der Waals surface area contributed by atoms with Crippen molar-refractivity contribution in [2.24, 2.45) is 39.5 Å². The Balaban J connectivity index is 1.58. The van der Waals surface area contributed by atoms with Gasteiger partial charge < -0.3 is 5.32 Å². The van der Waals surface area contributed by atoms with Crippen LogP contribution in [0.15, 0.2) is 4.99 Å². The van der Waals surface area contributed by atoms with E-state index in [1.165, 1.54) is 18.6 Å². The van der Waals surface area contributed by atoms with E-state index in [2.05, 4.69) is 44.9 Å². The molecule has 4 nitrogen and oxygen atoms in total. The molecular weight excluding hydrogens is 336 g/mol. The second kappa shape index (κ2) is 6.15. The van der Waals surface area contributed by atoms with Gasteiger partial charge in [0.15, 0.2) is 0 Å². The van der Waals surface area contributed by atoms with E-state index in [1.54, 1.807) is 0 Å². The number of hydrogen-bond acceptors (Lipinski definition) is 2. The van der Waals surface area contributed by atoms with Crippen molar-refractivity contribution in [3.63, 3.8) is 0 Å². The number of hydrogen-bond donors (Lipinski definition) is 1. The minimum atomic E-state index is -0.166. The van der Waals surface area contributed by atoms with Gasteiger partial charge in [-0.15, -0.1) is 0 Å². The first-order valence-electron chi connectivity index (χ1n) is 11.0. The third-order valence-corrected chi connectivity index (χ3v) is 8.56. The minimum absolute atomic E-state index is 0.0846. The van der Waals surface area contributed by atoms with Crippen LogP contribution in [0.2, 0.25) is 0 Å². The average Bonchev–Trinajstić information content (AvgIpc) is 2.91. The first-order valence-corrected chi connectivity index (χ1v) is 11.0. The standard InChI is InChI=1S/C23H36N2O2/c1-21(2,3)25-20(27)17-8-7-15-14-6-9-18-23(5,13-11-19(26)24-18)16(14)10-12-22(15,17)4/h14-17H,6-13H2,1-5H3,(H,25,27)/t14-,15-,16+,17?,22-,23+/m0/s1. The smallest absolute Gasteiger partial charge is 0.245 e. The van der Waals surface area contributed by atoms with Crippen LogP contribution in [-0.2, 0) is 9.59 Å². The summed E-state index contributed by atoms with van der Waals surface area (Å²) in [7, 11) is 0. The highest BCUT2D eigenvalue weighted by Crippen LogP contribution is 2.65. The second-order valence-electron chi connectivity index (χ2n) is 11.2. The van der Waals surface area contributed by atoms with Crippen molar-refractivity contribution in [3.05, 3.63) is 0 Å². The molecule has 4 aliphatic rings. The van der Waals surface area contributed by atoms with Gasteiger partial charge in [-0.2, -0.15) is 0 Å². The Kier molecular flexibility index (Phi) is 4.36. The topological polar surface area (TPSA) is 58.5 Å². The van der Waals surface area contributed by atoms with Crippen molar-refractivity contribution >= 4 is 17.5 Å². The van der Waals surface area contributed by atoms with E-state index in [0.29, 0.717) is 24.2 Å². The third kappa shape index (κ3) is 2.98. The summed E-state index contributed by atoms with van der Waals surface area (Å²) in [5.74, 6) is 2.47. The Morgan fingerprint density at radius 3 is 2.48 bits per heavy atom. The fraction of sp³-hybridized carbons (Fsp3) is 0.870. The molecule has 0 spiro atoms. The highest BCUT2D eigenvalue weighted by Gasteiger charge is 2.60. The maximum atomic E-state index is 13.0. The molecule has 1 N–H and O–H groups in total. The summed E-state index contributed by atoms with van der Waals surface area (Å²) in [6.45, 7) is 11.0. The van der Waals surface area contributed by atoms with Gasteiger partial charge in [0, 0.05) is 29.0 Å². The zero-order valence-electron chi connectivity index (χ0n) is 17.7. The first kappa shape index (κ1) is 19.1.